The number of rotatable bonds is 3. The van der Waals surface area contributed by atoms with Crippen LogP contribution in [0.5, 0.6) is 0 Å². The molecule has 0 atom stereocenters. The van der Waals surface area contributed by atoms with E-state index in [1.54, 1.807) is 0 Å². The fourth-order valence-electron chi connectivity index (χ4n) is 1.80. The summed E-state index contributed by atoms with van der Waals surface area (Å²) in [4.78, 5) is 4.10. The maximum Gasteiger partial charge on any atom is 0.0946 e. The van der Waals surface area contributed by atoms with Crippen LogP contribution in [0.15, 0.2) is 29.1 Å². The van der Waals surface area contributed by atoms with Gasteiger partial charge in [-0.1, -0.05) is 15.9 Å². The minimum absolute atomic E-state index is 0.789. The Morgan fingerprint density at radius 2 is 1.94 bits per heavy atom. The molecule has 0 saturated carbocycles. The van der Waals surface area contributed by atoms with Crippen LogP contribution in [0.4, 0.5) is 5.69 Å². The van der Waals surface area contributed by atoms with Gasteiger partial charge < -0.3 is 9.88 Å². The van der Waals surface area contributed by atoms with E-state index in [4.69, 9.17) is 0 Å². The Kier molecular flexibility index (Phi) is 3.52. The Balaban J connectivity index is 2.12. The monoisotopic (exact) mass is 293 g/mol. The highest BCUT2D eigenvalue weighted by Crippen LogP contribution is 2.25. The predicted octanol–water partition coefficient (Wildman–Crippen LogP) is 3.41. The molecule has 90 valence electrons. The molecule has 4 heteroatoms. The first-order valence-corrected chi connectivity index (χ1v) is 6.33. The predicted molar refractivity (Wildman–Crippen MR) is 74.2 cm³/mol. The van der Waals surface area contributed by atoms with Crippen molar-refractivity contribution in [2.75, 3.05) is 5.32 Å². The van der Waals surface area contributed by atoms with Crippen LogP contribution in [-0.2, 0) is 13.6 Å². The average molecular weight is 294 g/mol. The molecule has 1 N–H and O–H groups in total. The third-order valence-corrected chi connectivity index (χ3v) is 4.08. The lowest BCUT2D eigenvalue weighted by Gasteiger charge is -2.10. The van der Waals surface area contributed by atoms with E-state index in [0.29, 0.717) is 0 Å². The first-order valence-electron chi connectivity index (χ1n) is 5.53. The fourth-order valence-corrected chi connectivity index (χ4v) is 2.02. The van der Waals surface area contributed by atoms with Gasteiger partial charge in [0, 0.05) is 23.4 Å². The molecule has 2 rings (SSSR count). The van der Waals surface area contributed by atoms with Gasteiger partial charge in [0.15, 0.2) is 0 Å². The standard InChI is InChI=1S/C13H16BrN3/c1-9-4-11(5-10(2)13(9)14)16-7-12-6-15-8-17(12)3/h4-6,8,16H,7H2,1-3H3. The van der Waals surface area contributed by atoms with E-state index in [9.17, 15) is 0 Å². The summed E-state index contributed by atoms with van der Waals surface area (Å²) in [5.41, 5.74) is 4.81. The van der Waals surface area contributed by atoms with Gasteiger partial charge >= 0.3 is 0 Å². The molecule has 3 nitrogen and oxygen atoms in total. The van der Waals surface area contributed by atoms with Crippen LogP contribution < -0.4 is 5.32 Å². The van der Waals surface area contributed by atoms with Crippen molar-refractivity contribution >= 4 is 21.6 Å². The molecular weight excluding hydrogens is 278 g/mol. The summed E-state index contributed by atoms with van der Waals surface area (Å²) < 4.78 is 3.20. The van der Waals surface area contributed by atoms with Crippen molar-refractivity contribution in [3.8, 4) is 0 Å². The molecule has 0 radical (unpaired) electrons. The zero-order valence-electron chi connectivity index (χ0n) is 10.3. The number of nitrogens with one attached hydrogen (secondary N) is 1. The Labute approximate surface area is 110 Å². The minimum Gasteiger partial charge on any atom is -0.379 e. The zero-order chi connectivity index (χ0) is 12.4. The van der Waals surface area contributed by atoms with Gasteiger partial charge in [-0.3, -0.25) is 0 Å². The van der Waals surface area contributed by atoms with Gasteiger partial charge in [-0.2, -0.15) is 0 Å². The second-order valence-electron chi connectivity index (χ2n) is 4.27. The Morgan fingerprint density at radius 1 is 1.29 bits per heavy atom. The molecule has 0 aliphatic heterocycles. The van der Waals surface area contributed by atoms with E-state index in [-0.39, 0.29) is 0 Å². The van der Waals surface area contributed by atoms with Gasteiger partial charge in [0.05, 0.1) is 18.6 Å². The maximum absolute atomic E-state index is 4.10. The summed E-state index contributed by atoms with van der Waals surface area (Å²) in [7, 11) is 2.00. The number of benzene rings is 1. The summed E-state index contributed by atoms with van der Waals surface area (Å²) in [5, 5.41) is 3.42. The van der Waals surface area contributed by atoms with Crippen molar-refractivity contribution in [1.82, 2.24) is 9.55 Å². The summed E-state index contributed by atoms with van der Waals surface area (Å²) in [6, 6.07) is 4.29. The molecule has 0 aliphatic carbocycles. The van der Waals surface area contributed by atoms with Gasteiger partial charge in [0.2, 0.25) is 0 Å². The SMILES string of the molecule is Cc1cc(NCc2cncn2C)cc(C)c1Br. The molecule has 1 aromatic carbocycles. The van der Waals surface area contributed by atoms with Crippen LogP contribution in [0.25, 0.3) is 0 Å². The number of anilines is 1. The summed E-state index contributed by atoms with van der Waals surface area (Å²) in [6.07, 6.45) is 3.70. The largest absolute Gasteiger partial charge is 0.379 e. The van der Waals surface area contributed by atoms with E-state index in [2.05, 4.69) is 52.2 Å². The van der Waals surface area contributed by atoms with Crippen molar-refractivity contribution in [2.45, 2.75) is 20.4 Å². The lowest BCUT2D eigenvalue weighted by molar-refractivity contribution is 0.837. The summed E-state index contributed by atoms with van der Waals surface area (Å²) in [6.45, 7) is 5.00. The van der Waals surface area contributed by atoms with Gasteiger partial charge in [0.25, 0.3) is 0 Å². The smallest absolute Gasteiger partial charge is 0.0946 e. The van der Waals surface area contributed by atoms with Crippen LogP contribution in [0.1, 0.15) is 16.8 Å². The van der Waals surface area contributed by atoms with Crippen LogP contribution in [-0.4, -0.2) is 9.55 Å². The van der Waals surface area contributed by atoms with Crippen molar-refractivity contribution in [3.05, 3.63) is 46.0 Å². The summed E-state index contributed by atoms with van der Waals surface area (Å²) in [5.74, 6) is 0. The quantitative estimate of drug-likeness (QED) is 0.940. The number of aromatic nitrogens is 2. The highest BCUT2D eigenvalue weighted by atomic mass is 79.9. The van der Waals surface area contributed by atoms with E-state index < -0.39 is 0 Å². The second kappa shape index (κ2) is 4.92. The van der Waals surface area contributed by atoms with Crippen molar-refractivity contribution in [3.63, 3.8) is 0 Å². The molecule has 0 amide bonds. The van der Waals surface area contributed by atoms with E-state index in [1.807, 2.05) is 24.1 Å². The minimum atomic E-state index is 0.789. The van der Waals surface area contributed by atoms with Gasteiger partial charge in [0.1, 0.15) is 0 Å². The number of aryl methyl sites for hydroxylation is 3. The Morgan fingerprint density at radius 3 is 2.47 bits per heavy atom. The molecule has 1 aromatic heterocycles. The third kappa shape index (κ3) is 2.69. The van der Waals surface area contributed by atoms with Crippen LogP contribution in [0.3, 0.4) is 0 Å². The fraction of sp³-hybridized carbons (Fsp3) is 0.308. The van der Waals surface area contributed by atoms with Crippen molar-refractivity contribution in [1.29, 1.82) is 0 Å². The normalized spacial score (nSPS) is 10.6. The zero-order valence-corrected chi connectivity index (χ0v) is 11.9. The molecule has 0 saturated heterocycles. The number of nitrogens with zero attached hydrogens (tertiary/aromatic N) is 2. The maximum atomic E-state index is 4.10. The van der Waals surface area contributed by atoms with E-state index in [0.717, 1.165) is 12.2 Å². The van der Waals surface area contributed by atoms with E-state index >= 15 is 0 Å². The first kappa shape index (κ1) is 12.2. The van der Waals surface area contributed by atoms with E-state index in [1.165, 1.54) is 21.3 Å². The number of imidazole rings is 1. The lowest BCUT2D eigenvalue weighted by atomic mass is 10.1. The van der Waals surface area contributed by atoms with Gasteiger partial charge in [-0.15, -0.1) is 0 Å². The second-order valence-corrected chi connectivity index (χ2v) is 5.07. The molecule has 0 bridgehead atoms. The van der Waals surface area contributed by atoms with Crippen LogP contribution in [0, 0.1) is 13.8 Å². The van der Waals surface area contributed by atoms with Crippen molar-refractivity contribution < 1.29 is 0 Å². The highest BCUT2D eigenvalue weighted by Gasteiger charge is 2.03. The van der Waals surface area contributed by atoms with Crippen molar-refractivity contribution in [2.24, 2.45) is 7.05 Å². The first-order chi connectivity index (χ1) is 8.08. The number of hydrogen-bond acceptors (Lipinski definition) is 2. The molecule has 17 heavy (non-hydrogen) atoms. The van der Waals surface area contributed by atoms with Crippen LogP contribution >= 0.6 is 15.9 Å². The lowest BCUT2D eigenvalue weighted by Crippen LogP contribution is -2.04. The molecule has 0 fully saturated rings. The summed E-state index contributed by atoms with van der Waals surface area (Å²) >= 11 is 3.57. The molecule has 2 aromatic rings. The molecule has 0 aliphatic rings. The molecular formula is C13H16BrN3. The topological polar surface area (TPSA) is 29.9 Å². The van der Waals surface area contributed by atoms with Gasteiger partial charge in [-0.25, -0.2) is 4.98 Å². The molecule has 0 spiro atoms. The third-order valence-electron chi connectivity index (χ3n) is 2.83. The molecule has 0 unspecified atom stereocenters. The number of hydrogen-bond donors (Lipinski definition) is 1. The Hall–Kier alpha value is -1.29. The average Bonchev–Trinajstić information content (AvgIpc) is 2.69. The molecule has 1 heterocycles. The van der Waals surface area contributed by atoms with Gasteiger partial charge in [-0.05, 0) is 37.1 Å². The Bertz CT molecular complexity index is 508. The van der Waals surface area contributed by atoms with Crippen LogP contribution in [0.2, 0.25) is 0 Å². The number of halogens is 1. The highest BCUT2D eigenvalue weighted by molar-refractivity contribution is 9.10.